The molecule has 1 heterocycles. The molecule has 0 bridgehead atoms. The molecular weight excluding hydrogens is 435 g/mol. The molecule has 162 valence electrons. The van der Waals surface area contributed by atoms with Gasteiger partial charge >= 0.3 is 0 Å². The molecule has 1 aromatic heterocycles. The van der Waals surface area contributed by atoms with Crippen LogP contribution in [0.1, 0.15) is 42.3 Å². The Balaban J connectivity index is 1.46. The Labute approximate surface area is 188 Å². The summed E-state index contributed by atoms with van der Waals surface area (Å²) in [5, 5.41) is 13.9. The van der Waals surface area contributed by atoms with E-state index in [1.54, 1.807) is 24.3 Å². The monoisotopic (exact) mass is 458 g/mol. The van der Waals surface area contributed by atoms with Crippen molar-refractivity contribution in [1.82, 2.24) is 15.5 Å². The third-order valence-electron chi connectivity index (χ3n) is 4.37. The van der Waals surface area contributed by atoms with Gasteiger partial charge < -0.3 is 5.32 Å². The minimum absolute atomic E-state index is 0.0195. The number of benzene rings is 2. The van der Waals surface area contributed by atoms with E-state index in [1.807, 2.05) is 12.1 Å². The summed E-state index contributed by atoms with van der Waals surface area (Å²) in [7, 11) is 0. The lowest BCUT2D eigenvalue weighted by atomic mass is 9.87. The molecule has 3 aromatic rings. The summed E-state index contributed by atoms with van der Waals surface area (Å²) in [6.45, 7) is 6.67. The number of rotatable bonds is 7. The van der Waals surface area contributed by atoms with Gasteiger partial charge in [0, 0.05) is 12.1 Å². The Morgan fingerprint density at radius 3 is 2.35 bits per heavy atom. The molecule has 0 aliphatic carbocycles. The highest BCUT2D eigenvalue weighted by Gasteiger charge is 2.15. The molecule has 0 spiro atoms. The van der Waals surface area contributed by atoms with E-state index >= 15 is 0 Å². The van der Waals surface area contributed by atoms with Gasteiger partial charge in [0.05, 0.1) is 5.75 Å². The van der Waals surface area contributed by atoms with Gasteiger partial charge in [0.2, 0.25) is 11.0 Å². The smallest absolute Gasteiger partial charge is 0.257 e. The van der Waals surface area contributed by atoms with Gasteiger partial charge in [-0.3, -0.25) is 14.9 Å². The zero-order valence-electron chi connectivity index (χ0n) is 17.4. The Morgan fingerprint density at radius 2 is 1.71 bits per heavy atom. The Kier molecular flexibility index (Phi) is 7.40. The van der Waals surface area contributed by atoms with Crippen molar-refractivity contribution in [2.45, 2.75) is 37.1 Å². The molecule has 0 unspecified atom stereocenters. The van der Waals surface area contributed by atoms with Gasteiger partial charge in [0.25, 0.3) is 5.91 Å². The molecule has 6 nitrogen and oxygen atoms in total. The van der Waals surface area contributed by atoms with Crippen molar-refractivity contribution in [3.63, 3.8) is 0 Å². The number of halogens is 1. The maximum Gasteiger partial charge on any atom is 0.257 e. The summed E-state index contributed by atoms with van der Waals surface area (Å²) >= 11 is 2.44. The maximum atomic E-state index is 12.9. The zero-order valence-corrected chi connectivity index (χ0v) is 19.1. The number of hydrogen-bond donors (Lipinski definition) is 2. The van der Waals surface area contributed by atoms with E-state index in [4.69, 9.17) is 0 Å². The van der Waals surface area contributed by atoms with Gasteiger partial charge in [0.1, 0.15) is 5.82 Å². The number of nitrogens with one attached hydrogen (secondary N) is 2. The van der Waals surface area contributed by atoms with Crippen LogP contribution in [0.5, 0.6) is 0 Å². The summed E-state index contributed by atoms with van der Waals surface area (Å²) in [5.74, 6) is -0.580. The average Bonchev–Trinajstić information content (AvgIpc) is 3.18. The number of aromatic nitrogens is 2. The molecule has 2 amide bonds. The van der Waals surface area contributed by atoms with E-state index in [0.29, 0.717) is 21.6 Å². The molecular formula is C22H23FN4O2S2. The van der Waals surface area contributed by atoms with E-state index in [2.05, 4.69) is 41.6 Å². The second kappa shape index (κ2) is 10.0. The van der Waals surface area contributed by atoms with E-state index in [0.717, 1.165) is 11.1 Å². The van der Waals surface area contributed by atoms with Gasteiger partial charge in [-0.25, -0.2) is 4.39 Å². The van der Waals surface area contributed by atoms with Crippen molar-refractivity contribution < 1.29 is 14.0 Å². The number of amides is 2. The summed E-state index contributed by atoms with van der Waals surface area (Å²) in [4.78, 5) is 24.4. The Bertz CT molecular complexity index is 1040. The molecule has 0 saturated heterocycles. The lowest BCUT2D eigenvalue weighted by Crippen LogP contribution is -2.24. The summed E-state index contributed by atoms with van der Waals surface area (Å²) in [6.07, 6.45) is 0. The molecule has 2 aromatic carbocycles. The largest absolute Gasteiger partial charge is 0.351 e. The van der Waals surface area contributed by atoms with Gasteiger partial charge in [-0.1, -0.05) is 68.1 Å². The number of carbonyl (C=O) groups is 2. The molecule has 0 aliphatic rings. The van der Waals surface area contributed by atoms with Crippen LogP contribution in [0.25, 0.3) is 0 Å². The molecule has 0 saturated carbocycles. The summed E-state index contributed by atoms with van der Waals surface area (Å²) in [6, 6.07) is 13.4. The minimum atomic E-state index is -0.313. The van der Waals surface area contributed by atoms with Gasteiger partial charge in [-0.2, -0.15) is 0 Å². The zero-order chi connectivity index (χ0) is 22.4. The second-order valence-corrected chi connectivity index (χ2v) is 10.0. The molecule has 0 atom stereocenters. The fourth-order valence-electron chi connectivity index (χ4n) is 2.59. The van der Waals surface area contributed by atoms with Crippen molar-refractivity contribution in [2.75, 3.05) is 11.1 Å². The topological polar surface area (TPSA) is 84.0 Å². The number of anilines is 1. The second-order valence-electron chi connectivity index (χ2n) is 7.85. The molecule has 3 rings (SSSR count). The lowest BCUT2D eigenvalue weighted by Gasteiger charge is -2.18. The van der Waals surface area contributed by atoms with Gasteiger partial charge in [-0.15, -0.1) is 10.2 Å². The van der Waals surface area contributed by atoms with E-state index < -0.39 is 0 Å². The first-order valence-electron chi connectivity index (χ1n) is 9.60. The van der Waals surface area contributed by atoms with Crippen LogP contribution in [0.3, 0.4) is 0 Å². The Morgan fingerprint density at radius 1 is 1.03 bits per heavy atom. The number of carbonyl (C=O) groups excluding carboxylic acids is 2. The van der Waals surface area contributed by atoms with Crippen LogP contribution in [0.15, 0.2) is 52.9 Å². The van der Waals surface area contributed by atoms with E-state index in [9.17, 15) is 14.0 Å². The lowest BCUT2D eigenvalue weighted by molar-refractivity contribution is -0.118. The van der Waals surface area contributed by atoms with Gasteiger partial charge in [0.15, 0.2) is 4.34 Å². The highest BCUT2D eigenvalue weighted by atomic mass is 32.2. The standard InChI is InChI=1S/C22H23FN4O2S2/c1-22(2,3)16-8-6-15(7-9-16)19(29)25-20-26-27-21(31-20)30-13-18(28)24-12-14-4-10-17(23)11-5-14/h4-11H,12-13H2,1-3H3,(H,24,28)(H,25,26,29). The van der Waals surface area contributed by atoms with E-state index in [-0.39, 0.29) is 28.8 Å². The first-order valence-corrected chi connectivity index (χ1v) is 11.4. The normalized spacial score (nSPS) is 11.2. The first-order chi connectivity index (χ1) is 14.7. The molecule has 31 heavy (non-hydrogen) atoms. The Hall–Kier alpha value is -2.78. The molecule has 0 aliphatic heterocycles. The van der Waals surface area contributed by atoms with Crippen molar-refractivity contribution >= 4 is 40.0 Å². The van der Waals surface area contributed by atoms with Crippen molar-refractivity contribution in [1.29, 1.82) is 0 Å². The van der Waals surface area contributed by atoms with Crippen molar-refractivity contribution in [3.8, 4) is 0 Å². The van der Waals surface area contributed by atoms with Crippen LogP contribution in [-0.2, 0) is 16.8 Å². The fourth-order valence-corrected chi connectivity index (χ4v) is 4.17. The maximum absolute atomic E-state index is 12.9. The van der Waals surface area contributed by atoms with Crippen LogP contribution in [0, 0.1) is 5.82 Å². The number of hydrogen-bond acceptors (Lipinski definition) is 6. The third kappa shape index (κ3) is 6.86. The highest BCUT2D eigenvalue weighted by molar-refractivity contribution is 8.01. The third-order valence-corrected chi connectivity index (χ3v) is 6.34. The van der Waals surface area contributed by atoms with Crippen molar-refractivity contribution in [2.24, 2.45) is 0 Å². The van der Waals surface area contributed by atoms with Gasteiger partial charge in [-0.05, 0) is 40.8 Å². The fraction of sp³-hybridized carbons (Fsp3) is 0.273. The molecule has 0 radical (unpaired) electrons. The van der Waals surface area contributed by atoms with Crippen LogP contribution >= 0.6 is 23.1 Å². The van der Waals surface area contributed by atoms with Crippen LogP contribution in [-0.4, -0.2) is 27.8 Å². The predicted octanol–water partition coefficient (Wildman–Crippen LogP) is 4.64. The highest BCUT2D eigenvalue weighted by Crippen LogP contribution is 2.26. The van der Waals surface area contributed by atoms with Crippen LogP contribution in [0.2, 0.25) is 0 Å². The predicted molar refractivity (Wildman–Crippen MR) is 122 cm³/mol. The SMILES string of the molecule is CC(C)(C)c1ccc(C(=O)Nc2nnc(SCC(=O)NCc3ccc(F)cc3)s2)cc1. The average molecular weight is 459 g/mol. The first kappa shape index (κ1) is 22.9. The van der Waals surface area contributed by atoms with Crippen LogP contribution < -0.4 is 10.6 Å². The molecule has 2 N–H and O–H groups in total. The summed E-state index contributed by atoms with van der Waals surface area (Å²) in [5.41, 5.74) is 2.52. The molecule has 9 heteroatoms. The van der Waals surface area contributed by atoms with Crippen LogP contribution in [0.4, 0.5) is 9.52 Å². The number of thioether (sulfide) groups is 1. The summed E-state index contributed by atoms with van der Waals surface area (Å²) < 4.78 is 13.5. The van der Waals surface area contributed by atoms with Crippen molar-refractivity contribution in [3.05, 3.63) is 71.0 Å². The quantitative estimate of drug-likeness (QED) is 0.398. The molecule has 0 fully saturated rings. The minimum Gasteiger partial charge on any atom is -0.351 e. The number of nitrogens with zero attached hydrogens (tertiary/aromatic N) is 2. The van der Waals surface area contributed by atoms with E-state index in [1.165, 1.54) is 35.2 Å².